The maximum Gasteiger partial charge on any atom is 0.310 e. The average Bonchev–Trinajstić information content (AvgIpc) is 2.18. The summed E-state index contributed by atoms with van der Waals surface area (Å²) in [6, 6.07) is 1.85. The highest BCUT2D eigenvalue weighted by Crippen LogP contribution is 3.02. The molecule has 0 N–H and O–H groups in total. The van der Waals surface area contributed by atoms with Gasteiger partial charge in [-0.2, -0.15) is 0 Å². The molecule has 0 bridgehead atoms. The smallest absolute Gasteiger partial charge is 0.276 e. The number of benzene rings is 1. The summed E-state index contributed by atoms with van der Waals surface area (Å²) < 4.78 is 61.2. The second-order valence-corrected chi connectivity index (χ2v) is 5.52. The summed E-state index contributed by atoms with van der Waals surface area (Å²) in [7, 11) is -9.72. The number of hydrogen-bond donors (Lipinski definition) is 0. The van der Waals surface area contributed by atoms with Crippen molar-refractivity contribution in [3.05, 3.63) is 29.8 Å². The molecule has 0 atom stereocenters. The number of halogens is 6. The first kappa shape index (κ1) is 16.2. The maximum atomic E-state index is 12.2. The first-order valence-electron chi connectivity index (χ1n) is 4.44. The molecule has 0 radical (unpaired) electrons. The highest BCUT2D eigenvalue weighted by Gasteiger charge is 2.65. The van der Waals surface area contributed by atoms with Crippen molar-refractivity contribution in [3.63, 3.8) is 0 Å². The Hall–Kier alpha value is -0.820. The van der Waals surface area contributed by atoms with Crippen molar-refractivity contribution in [2.45, 2.75) is 18.7 Å². The lowest BCUT2D eigenvalue weighted by molar-refractivity contribution is 0.108. The minimum atomic E-state index is -9.72. The minimum Gasteiger partial charge on any atom is -0.276 e. The van der Waals surface area contributed by atoms with Crippen molar-refractivity contribution in [3.8, 4) is 0 Å². The first-order chi connectivity index (χ1) is 7.40. The van der Waals surface area contributed by atoms with E-state index in [1.807, 2.05) is 13.8 Å². The van der Waals surface area contributed by atoms with Gasteiger partial charge in [0, 0.05) is 5.56 Å². The molecule has 0 amide bonds. The summed E-state index contributed by atoms with van der Waals surface area (Å²) in [5, 5.41) is -1.22. The summed E-state index contributed by atoms with van der Waals surface area (Å²) in [6.07, 6.45) is 0. The summed E-state index contributed by atoms with van der Waals surface area (Å²) in [6.45, 7) is 4.00. The largest absolute Gasteiger partial charge is 0.310 e. The zero-order chi connectivity index (χ0) is 14.0. The lowest BCUT2D eigenvalue weighted by Gasteiger charge is -2.40. The lowest BCUT2D eigenvalue weighted by Crippen LogP contribution is -2.06. The third-order valence-corrected chi connectivity index (χ3v) is 2.87. The Labute approximate surface area is 100 Å². The topological polar surface area (TPSA) is 17.1 Å². The van der Waals surface area contributed by atoms with Crippen LogP contribution in [0.4, 0.5) is 19.4 Å². The molecule has 0 saturated heterocycles. The van der Waals surface area contributed by atoms with Crippen LogP contribution in [-0.4, -0.2) is 5.24 Å². The molecule has 100 valence electrons. The zero-order valence-electron chi connectivity index (χ0n) is 8.89. The Balaban J connectivity index is 0.00000121. The van der Waals surface area contributed by atoms with E-state index < -0.39 is 25.9 Å². The van der Waals surface area contributed by atoms with Crippen LogP contribution >= 0.6 is 21.8 Å². The normalized spacial score (nSPS) is 15.1. The Morgan fingerprint density at radius 1 is 1.12 bits per heavy atom. The minimum absolute atomic E-state index is 0.0386. The molecule has 0 aromatic heterocycles. The van der Waals surface area contributed by atoms with E-state index in [4.69, 9.17) is 11.6 Å². The van der Waals surface area contributed by atoms with Crippen molar-refractivity contribution in [1.82, 2.24) is 0 Å². The first-order valence-corrected chi connectivity index (χ1v) is 6.77. The van der Waals surface area contributed by atoms with Crippen LogP contribution in [0.15, 0.2) is 29.2 Å². The van der Waals surface area contributed by atoms with Gasteiger partial charge in [-0.3, -0.25) is 4.79 Å². The van der Waals surface area contributed by atoms with E-state index in [1.165, 1.54) is 0 Å². The van der Waals surface area contributed by atoms with E-state index in [9.17, 15) is 24.2 Å². The SMILES string of the molecule is CC.O=C(Cl)c1cccc(S(F)(F)(F)(F)F)c1. The zero-order valence-corrected chi connectivity index (χ0v) is 10.5. The monoisotopic (exact) mass is 296 g/mol. The third-order valence-electron chi connectivity index (χ3n) is 1.51. The van der Waals surface area contributed by atoms with Gasteiger partial charge in [-0.05, 0) is 23.7 Å². The fourth-order valence-corrected chi connectivity index (χ4v) is 1.66. The molecule has 0 fully saturated rings. The van der Waals surface area contributed by atoms with Crippen molar-refractivity contribution < 1.29 is 24.2 Å². The van der Waals surface area contributed by atoms with Crippen LogP contribution < -0.4 is 0 Å². The van der Waals surface area contributed by atoms with Gasteiger partial charge in [0.15, 0.2) is 0 Å². The fourth-order valence-electron chi connectivity index (χ4n) is 0.858. The summed E-state index contributed by atoms with van der Waals surface area (Å²) >= 11 is 4.88. The Kier molecular flexibility index (Phi) is 3.93. The van der Waals surface area contributed by atoms with E-state index in [0.29, 0.717) is 6.07 Å². The summed E-state index contributed by atoms with van der Waals surface area (Å²) in [4.78, 5) is 8.38. The van der Waals surface area contributed by atoms with Gasteiger partial charge in [0.05, 0.1) is 0 Å². The molecule has 1 nitrogen and oxygen atoms in total. The molecule has 0 unspecified atom stereocenters. The van der Waals surface area contributed by atoms with Crippen LogP contribution in [-0.2, 0) is 0 Å². The van der Waals surface area contributed by atoms with Gasteiger partial charge in [0.25, 0.3) is 5.24 Å². The molecule has 8 heteroatoms. The maximum absolute atomic E-state index is 12.2. The number of carbonyl (C=O) groups is 1. The second kappa shape index (κ2) is 4.13. The number of carbonyl (C=O) groups excluding carboxylic acids is 1. The van der Waals surface area contributed by atoms with E-state index in [0.717, 1.165) is 6.07 Å². The summed E-state index contributed by atoms with van der Waals surface area (Å²) in [5.74, 6) is 0. The highest BCUT2D eigenvalue weighted by atomic mass is 35.5. The molecule has 0 saturated carbocycles. The number of rotatable bonds is 2. The van der Waals surface area contributed by atoms with Crippen molar-refractivity contribution in [2.24, 2.45) is 0 Å². The van der Waals surface area contributed by atoms with Gasteiger partial charge < -0.3 is 0 Å². The van der Waals surface area contributed by atoms with Gasteiger partial charge in [-0.1, -0.05) is 45.4 Å². The molecule has 0 aliphatic rings. The molecule has 1 aromatic carbocycles. The summed E-state index contributed by atoms with van der Waals surface area (Å²) in [5.41, 5.74) is -0.623. The standard InChI is InChI=1S/C7H4ClF5OS.C2H6/c8-7(14)5-2-1-3-6(4-5)15(9,10,11,12)13;1-2/h1-4H;1-2H3. The van der Waals surface area contributed by atoms with Crippen molar-refractivity contribution in [1.29, 1.82) is 0 Å². The predicted octanol–water partition coefficient (Wildman–Crippen LogP) is 5.75. The van der Waals surface area contributed by atoms with Crippen LogP contribution in [0.2, 0.25) is 0 Å². The quantitative estimate of drug-likeness (QED) is 0.501. The second-order valence-electron chi connectivity index (χ2n) is 2.77. The molecule has 0 aliphatic carbocycles. The fraction of sp³-hybridized carbons (Fsp3) is 0.222. The molecular formula is C9H10ClF5OS. The molecule has 17 heavy (non-hydrogen) atoms. The third kappa shape index (κ3) is 4.91. The van der Waals surface area contributed by atoms with Crippen LogP contribution in [0.3, 0.4) is 0 Å². The van der Waals surface area contributed by atoms with E-state index in [-0.39, 0.29) is 12.1 Å². The predicted molar refractivity (Wildman–Crippen MR) is 59.4 cm³/mol. The van der Waals surface area contributed by atoms with E-state index in [2.05, 4.69) is 0 Å². The molecule has 0 aliphatic heterocycles. The van der Waals surface area contributed by atoms with Gasteiger partial charge in [0.2, 0.25) is 0 Å². The number of hydrogen-bond acceptors (Lipinski definition) is 1. The van der Waals surface area contributed by atoms with Crippen molar-refractivity contribution >= 4 is 27.1 Å². The van der Waals surface area contributed by atoms with E-state index in [1.54, 1.807) is 0 Å². The Bertz CT molecular complexity index is 428. The Morgan fingerprint density at radius 2 is 1.59 bits per heavy atom. The van der Waals surface area contributed by atoms with Gasteiger partial charge in [-0.15, -0.1) is 0 Å². The van der Waals surface area contributed by atoms with Crippen LogP contribution in [0.5, 0.6) is 0 Å². The molecule has 1 aromatic rings. The molecule has 0 heterocycles. The average molecular weight is 297 g/mol. The van der Waals surface area contributed by atoms with Crippen molar-refractivity contribution in [2.75, 3.05) is 0 Å². The van der Waals surface area contributed by atoms with Crippen LogP contribution in [0, 0.1) is 0 Å². The van der Waals surface area contributed by atoms with Gasteiger partial charge in [0.1, 0.15) is 4.90 Å². The van der Waals surface area contributed by atoms with Gasteiger partial charge >= 0.3 is 10.2 Å². The molecule has 1 rings (SSSR count). The Morgan fingerprint density at radius 3 is 1.94 bits per heavy atom. The van der Waals surface area contributed by atoms with E-state index >= 15 is 0 Å². The van der Waals surface area contributed by atoms with Crippen LogP contribution in [0.25, 0.3) is 0 Å². The molecule has 0 spiro atoms. The van der Waals surface area contributed by atoms with Crippen LogP contribution in [0.1, 0.15) is 24.2 Å². The van der Waals surface area contributed by atoms with Gasteiger partial charge in [-0.25, -0.2) is 0 Å². The lowest BCUT2D eigenvalue weighted by atomic mass is 10.2. The highest BCUT2D eigenvalue weighted by molar-refractivity contribution is 8.45. The molecular weight excluding hydrogens is 287 g/mol.